The Kier molecular flexibility index (Phi) is 12.4. The lowest BCUT2D eigenvalue weighted by Crippen LogP contribution is -2.65. The molecule has 6 rings (SSSR count). The summed E-state index contributed by atoms with van der Waals surface area (Å²) in [5.41, 5.74) is -0.393. The fraction of sp³-hybridized carbons (Fsp3) is 0.561. The molecule has 3 amide bonds. The van der Waals surface area contributed by atoms with Gasteiger partial charge >= 0.3 is 29.9 Å². The summed E-state index contributed by atoms with van der Waals surface area (Å²) in [6.07, 6.45) is -5.19. The number of thiazole rings is 1. The Bertz CT molecular complexity index is 2190. The summed E-state index contributed by atoms with van der Waals surface area (Å²) in [7, 11) is 2.93. The normalized spacial score (nSPS) is 24.8. The number of hydrogen-bond donors (Lipinski definition) is 0. The lowest BCUT2D eigenvalue weighted by Gasteiger charge is -2.37. The van der Waals surface area contributed by atoms with Gasteiger partial charge in [0.2, 0.25) is 11.8 Å². The number of esters is 1. The SMILES string of the molecule is CCOC(=O)[C@@]12C[C@H]1/C=C\CCCCN(C)C(=O)[C@@H]1C[C@H](Oc3cc(-c4nc(C(C)C)cs4)nc4c(C)c(OC)ccc34)C[C@H]1C(=O)N2C(=O)C(F)(F)C(F)(F)C(F)(F)F. The number of amides is 3. The number of carbonyl (C=O) groups is 4. The molecule has 0 bridgehead atoms. The molecule has 2 saturated carbocycles. The molecular weight excluding hydrogens is 826 g/mol. The van der Waals surface area contributed by atoms with E-state index in [1.807, 2.05) is 19.2 Å². The topological polar surface area (TPSA) is 128 Å². The van der Waals surface area contributed by atoms with Gasteiger partial charge in [0.05, 0.1) is 36.8 Å². The zero-order valence-corrected chi connectivity index (χ0v) is 34.5. The molecule has 60 heavy (non-hydrogen) atoms. The van der Waals surface area contributed by atoms with Crippen LogP contribution < -0.4 is 9.47 Å². The van der Waals surface area contributed by atoms with Crippen LogP contribution in [-0.4, -0.2) is 100 Å². The van der Waals surface area contributed by atoms with Gasteiger partial charge in [0, 0.05) is 41.9 Å². The average molecular weight is 871 g/mol. The lowest BCUT2D eigenvalue weighted by molar-refractivity contribution is -0.346. The van der Waals surface area contributed by atoms with Gasteiger partial charge in [0.25, 0.3) is 0 Å². The molecule has 326 valence electrons. The minimum atomic E-state index is -6.96. The van der Waals surface area contributed by atoms with Crippen molar-refractivity contribution in [3.8, 4) is 22.2 Å². The van der Waals surface area contributed by atoms with Crippen LogP contribution in [0.4, 0.5) is 30.7 Å². The maximum Gasteiger partial charge on any atom is 0.460 e. The van der Waals surface area contributed by atoms with Gasteiger partial charge in [-0.3, -0.25) is 19.3 Å². The Morgan fingerprint density at radius 1 is 1.00 bits per heavy atom. The van der Waals surface area contributed by atoms with Crippen LogP contribution in [0, 0.1) is 24.7 Å². The van der Waals surface area contributed by atoms with Crippen LogP contribution in [0.25, 0.3) is 21.6 Å². The average Bonchev–Trinajstić information content (AvgIpc) is 3.48. The molecule has 5 atom stereocenters. The van der Waals surface area contributed by atoms with E-state index in [1.165, 1.54) is 49.5 Å². The summed E-state index contributed by atoms with van der Waals surface area (Å²) < 4.78 is 118. The number of ether oxygens (including phenoxy) is 3. The largest absolute Gasteiger partial charge is 0.496 e. The first-order chi connectivity index (χ1) is 28.1. The van der Waals surface area contributed by atoms with Crippen molar-refractivity contribution < 1.29 is 64.1 Å². The number of fused-ring (bicyclic) bond motifs is 3. The summed E-state index contributed by atoms with van der Waals surface area (Å²) in [6.45, 7) is 6.82. The molecule has 1 aromatic carbocycles. The van der Waals surface area contributed by atoms with Crippen LogP contribution >= 0.6 is 11.3 Å². The summed E-state index contributed by atoms with van der Waals surface area (Å²) >= 11 is 1.34. The molecule has 0 saturated heterocycles. The third kappa shape index (κ3) is 7.81. The monoisotopic (exact) mass is 870 g/mol. The van der Waals surface area contributed by atoms with Gasteiger partial charge in [0.15, 0.2) is 5.54 Å². The standard InChI is InChI=1S/C41H45F7N4O7S/c1-7-58-37(56)38-19-23(38)12-10-8-9-11-15-51(5)34(53)26-16-24(17-27(26)35(54)52(38)36(55)39(42,43)40(44,45)41(46,47)48)59-31-18-28(33-50-29(20-60-33)21(2)3)49-32-22(4)30(57-6)14-13-25(31)32/h10,12-14,18,20-21,23-24,26-27H,7-9,11,15-17,19H2,1-6H3/b12-10-/t23-,24+,26-,27-,38-/m1/s1. The van der Waals surface area contributed by atoms with Gasteiger partial charge < -0.3 is 19.1 Å². The number of imide groups is 1. The van der Waals surface area contributed by atoms with Gasteiger partial charge in [-0.2, -0.15) is 30.7 Å². The number of benzene rings is 1. The van der Waals surface area contributed by atoms with Crippen molar-refractivity contribution in [1.29, 1.82) is 0 Å². The summed E-state index contributed by atoms with van der Waals surface area (Å²) in [5.74, 6) is -24.3. The minimum Gasteiger partial charge on any atom is -0.496 e. The Labute approximate surface area is 345 Å². The summed E-state index contributed by atoms with van der Waals surface area (Å²) in [6, 6.07) is 4.96. The smallest absolute Gasteiger partial charge is 0.460 e. The molecule has 3 aromatic rings. The van der Waals surface area contributed by atoms with E-state index in [9.17, 15) is 41.1 Å². The molecular formula is C41H45F7N4O7S. The second kappa shape index (κ2) is 16.6. The number of aromatic nitrogens is 2. The third-order valence-corrected chi connectivity index (χ3v) is 12.3. The first kappa shape index (κ1) is 44.7. The van der Waals surface area contributed by atoms with Gasteiger partial charge in [-0.05, 0) is 70.4 Å². The summed E-state index contributed by atoms with van der Waals surface area (Å²) in [4.78, 5) is 66.9. The number of pyridine rings is 1. The van der Waals surface area contributed by atoms with E-state index >= 15 is 8.78 Å². The molecule has 1 aliphatic heterocycles. The highest BCUT2D eigenvalue weighted by atomic mass is 32.1. The fourth-order valence-corrected chi connectivity index (χ4v) is 8.93. The number of hydrogen-bond acceptors (Lipinski definition) is 10. The number of allylic oxidation sites excluding steroid dienone is 1. The molecule has 2 fully saturated rings. The fourth-order valence-electron chi connectivity index (χ4n) is 7.99. The molecule has 19 heteroatoms. The first-order valence-corrected chi connectivity index (χ1v) is 20.4. The maximum absolute atomic E-state index is 15.5. The number of halogens is 7. The number of rotatable bonds is 9. The predicted molar refractivity (Wildman–Crippen MR) is 205 cm³/mol. The Morgan fingerprint density at radius 3 is 2.30 bits per heavy atom. The van der Waals surface area contributed by atoms with Crippen molar-refractivity contribution in [3.63, 3.8) is 0 Å². The van der Waals surface area contributed by atoms with Gasteiger partial charge in [-0.1, -0.05) is 26.0 Å². The van der Waals surface area contributed by atoms with Crippen LogP contribution in [0.3, 0.4) is 0 Å². The maximum atomic E-state index is 15.5. The zero-order chi connectivity index (χ0) is 44.1. The molecule has 2 aromatic heterocycles. The van der Waals surface area contributed by atoms with Crippen molar-refractivity contribution in [3.05, 3.63) is 47.0 Å². The van der Waals surface area contributed by atoms with Crippen molar-refractivity contribution in [2.45, 2.75) is 102 Å². The highest BCUT2D eigenvalue weighted by molar-refractivity contribution is 7.13. The molecule has 3 aliphatic rings. The molecule has 2 aliphatic carbocycles. The second-order valence-electron chi connectivity index (χ2n) is 15.7. The summed E-state index contributed by atoms with van der Waals surface area (Å²) in [5, 5.41) is 2.91. The Morgan fingerprint density at radius 2 is 1.68 bits per heavy atom. The van der Waals surface area contributed by atoms with Crippen molar-refractivity contribution in [2.75, 3.05) is 27.3 Å². The molecule has 0 radical (unpaired) electrons. The quantitative estimate of drug-likeness (QED) is 0.119. The molecule has 11 nitrogen and oxygen atoms in total. The number of aryl methyl sites for hydroxylation is 1. The van der Waals surface area contributed by atoms with Crippen LogP contribution in [0.2, 0.25) is 0 Å². The van der Waals surface area contributed by atoms with E-state index in [2.05, 4.69) is 0 Å². The number of methoxy groups -OCH3 is 1. The van der Waals surface area contributed by atoms with Crippen molar-refractivity contribution in [2.24, 2.45) is 17.8 Å². The van der Waals surface area contributed by atoms with Crippen LogP contribution in [-0.2, 0) is 23.9 Å². The van der Waals surface area contributed by atoms with Crippen LogP contribution in [0.15, 0.2) is 35.7 Å². The van der Waals surface area contributed by atoms with Crippen LogP contribution in [0.1, 0.15) is 76.5 Å². The molecule has 0 spiro atoms. The highest BCUT2D eigenvalue weighted by Gasteiger charge is 2.80. The van der Waals surface area contributed by atoms with E-state index in [-0.39, 0.29) is 24.6 Å². The van der Waals surface area contributed by atoms with Gasteiger partial charge in [-0.25, -0.2) is 14.8 Å². The predicted octanol–water partition coefficient (Wildman–Crippen LogP) is 8.28. The number of alkyl halides is 7. The Hall–Kier alpha value is -4.81. The number of carbonyl (C=O) groups excluding carboxylic acids is 4. The van der Waals surface area contributed by atoms with E-state index < -0.39 is 95.5 Å². The van der Waals surface area contributed by atoms with E-state index in [1.54, 1.807) is 25.1 Å². The Balaban J connectivity index is 1.48. The van der Waals surface area contributed by atoms with Crippen molar-refractivity contribution >= 4 is 45.9 Å². The minimum absolute atomic E-state index is 0.1000. The molecule has 0 unspecified atom stereocenters. The molecule has 0 N–H and O–H groups in total. The van der Waals surface area contributed by atoms with Crippen molar-refractivity contribution in [1.82, 2.24) is 19.8 Å². The highest BCUT2D eigenvalue weighted by Crippen LogP contribution is 2.56. The van der Waals surface area contributed by atoms with Gasteiger partial charge in [-0.15, -0.1) is 11.3 Å². The second-order valence-corrected chi connectivity index (χ2v) is 16.6. The van der Waals surface area contributed by atoms with Crippen LogP contribution in [0.5, 0.6) is 11.5 Å². The van der Waals surface area contributed by atoms with E-state index in [0.717, 1.165) is 5.69 Å². The van der Waals surface area contributed by atoms with E-state index in [0.29, 0.717) is 52.2 Å². The third-order valence-electron chi connectivity index (χ3n) is 11.5. The van der Waals surface area contributed by atoms with Gasteiger partial charge in [0.1, 0.15) is 28.3 Å². The lowest BCUT2D eigenvalue weighted by atomic mass is 9.91. The zero-order valence-electron chi connectivity index (χ0n) is 33.7. The van der Waals surface area contributed by atoms with E-state index in [4.69, 9.17) is 24.2 Å². The first-order valence-electron chi connectivity index (χ1n) is 19.5. The number of nitrogens with zero attached hydrogens (tertiary/aromatic N) is 4. The molecule has 3 heterocycles.